The van der Waals surface area contributed by atoms with Gasteiger partial charge in [-0.1, -0.05) is 48.2 Å². The van der Waals surface area contributed by atoms with E-state index >= 15 is 0 Å². The van der Waals surface area contributed by atoms with Crippen LogP contribution in [0.25, 0.3) is 0 Å². The molecule has 0 saturated carbocycles. The van der Waals surface area contributed by atoms with Crippen molar-refractivity contribution in [3.8, 4) is 0 Å². The molecule has 3 heterocycles. The number of likely N-dealkylation sites (tertiary alicyclic amines) is 1. The van der Waals surface area contributed by atoms with Gasteiger partial charge in [-0.15, -0.1) is 21.5 Å². The molecular weight excluding hydrogens is 400 g/mol. The number of hydrogen-bond acceptors (Lipinski definition) is 5. The molecule has 4 rings (SSSR count). The molecule has 1 aromatic carbocycles. The van der Waals surface area contributed by atoms with E-state index in [0.717, 1.165) is 56.3 Å². The van der Waals surface area contributed by atoms with Gasteiger partial charge >= 0.3 is 0 Å². The summed E-state index contributed by atoms with van der Waals surface area (Å²) in [5, 5.41) is 11.8. The Kier molecular flexibility index (Phi) is 7.00. The fourth-order valence-electron chi connectivity index (χ4n) is 3.60. The van der Waals surface area contributed by atoms with E-state index in [0.29, 0.717) is 5.75 Å². The van der Waals surface area contributed by atoms with E-state index in [-0.39, 0.29) is 5.91 Å². The summed E-state index contributed by atoms with van der Waals surface area (Å²) in [6, 6.07) is 14.7. The van der Waals surface area contributed by atoms with Gasteiger partial charge in [0, 0.05) is 30.9 Å². The van der Waals surface area contributed by atoms with Gasteiger partial charge < -0.3 is 9.47 Å². The molecule has 1 aliphatic rings. The molecule has 0 spiro atoms. The van der Waals surface area contributed by atoms with Crippen molar-refractivity contribution >= 4 is 29.0 Å². The number of carbonyl (C=O) groups excluding carboxylic acids is 1. The Bertz CT molecular complexity index is 902. The predicted octanol–water partition coefficient (Wildman–Crippen LogP) is 4.28. The van der Waals surface area contributed by atoms with Gasteiger partial charge in [0.05, 0.1) is 5.75 Å². The first-order valence-corrected chi connectivity index (χ1v) is 12.0. The van der Waals surface area contributed by atoms with Crippen molar-refractivity contribution in [2.45, 2.75) is 43.8 Å². The van der Waals surface area contributed by atoms with Crippen molar-refractivity contribution < 1.29 is 4.79 Å². The third-order valence-electron chi connectivity index (χ3n) is 5.21. The summed E-state index contributed by atoms with van der Waals surface area (Å²) in [5.74, 6) is 1.62. The van der Waals surface area contributed by atoms with Crippen molar-refractivity contribution in [1.82, 2.24) is 19.7 Å². The number of piperidine rings is 1. The molecule has 2 aromatic heterocycles. The van der Waals surface area contributed by atoms with Crippen molar-refractivity contribution in [3.63, 3.8) is 0 Å². The molecule has 7 heteroatoms. The molecule has 0 N–H and O–H groups in total. The highest BCUT2D eigenvalue weighted by atomic mass is 32.2. The van der Waals surface area contributed by atoms with Gasteiger partial charge in [0.25, 0.3) is 0 Å². The molecular formula is C22H26N4OS2. The second-order valence-corrected chi connectivity index (χ2v) is 9.25. The van der Waals surface area contributed by atoms with Crippen LogP contribution < -0.4 is 0 Å². The highest BCUT2D eigenvalue weighted by Crippen LogP contribution is 2.22. The number of rotatable bonds is 8. The van der Waals surface area contributed by atoms with Crippen LogP contribution >= 0.6 is 23.1 Å². The second-order valence-electron chi connectivity index (χ2n) is 7.27. The molecule has 1 fully saturated rings. The number of nitrogens with zero attached hydrogens (tertiary/aromatic N) is 4. The Morgan fingerprint density at radius 2 is 1.86 bits per heavy atom. The number of aryl methyl sites for hydroxylation is 1. The summed E-state index contributed by atoms with van der Waals surface area (Å²) in [6.07, 6.45) is 5.17. The topological polar surface area (TPSA) is 51.0 Å². The number of hydrogen-bond donors (Lipinski definition) is 0. The van der Waals surface area contributed by atoms with Crippen molar-refractivity contribution in [3.05, 3.63) is 64.1 Å². The third-order valence-corrected chi connectivity index (χ3v) is 7.03. The molecule has 29 heavy (non-hydrogen) atoms. The number of amides is 1. The van der Waals surface area contributed by atoms with E-state index in [1.165, 1.54) is 28.6 Å². The van der Waals surface area contributed by atoms with Crippen LogP contribution in [0.5, 0.6) is 0 Å². The summed E-state index contributed by atoms with van der Waals surface area (Å²) in [5.41, 5.74) is 1.30. The van der Waals surface area contributed by atoms with E-state index in [9.17, 15) is 4.79 Å². The minimum absolute atomic E-state index is 0.215. The average molecular weight is 427 g/mol. The minimum Gasteiger partial charge on any atom is -0.342 e. The Balaban J connectivity index is 1.46. The van der Waals surface area contributed by atoms with Crippen LogP contribution in [0.1, 0.15) is 35.5 Å². The van der Waals surface area contributed by atoms with Crippen molar-refractivity contribution in [1.29, 1.82) is 0 Å². The fourth-order valence-corrected chi connectivity index (χ4v) is 5.18. The number of thioether (sulfide) groups is 1. The van der Waals surface area contributed by atoms with Crippen LogP contribution in [-0.2, 0) is 24.2 Å². The van der Waals surface area contributed by atoms with E-state index in [4.69, 9.17) is 0 Å². The van der Waals surface area contributed by atoms with Crippen LogP contribution in [0.3, 0.4) is 0 Å². The molecule has 0 aliphatic carbocycles. The highest BCUT2D eigenvalue weighted by molar-refractivity contribution is 7.99. The lowest BCUT2D eigenvalue weighted by atomic mass is 10.1. The first kappa shape index (κ1) is 20.2. The van der Waals surface area contributed by atoms with Crippen molar-refractivity contribution in [2.75, 3.05) is 18.8 Å². The Morgan fingerprint density at radius 1 is 1.03 bits per heavy atom. The summed E-state index contributed by atoms with van der Waals surface area (Å²) < 4.78 is 2.20. The zero-order valence-corrected chi connectivity index (χ0v) is 18.1. The molecule has 1 amide bonds. The number of aromatic nitrogens is 3. The van der Waals surface area contributed by atoms with Crippen LogP contribution in [0, 0.1) is 0 Å². The van der Waals surface area contributed by atoms with E-state index in [1.807, 2.05) is 11.0 Å². The normalized spacial score (nSPS) is 14.3. The summed E-state index contributed by atoms with van der Waals surface area (Å²) >= 11 is 3.26. The predicted molar refractivity (Wildman–Crippen MR) is 118 cm³/mol. The van der Waals surface area contributed by atoms with Gasteiger partial charge in [-0.05, 0) is 42.7 Å². The van der Waals surface area contributed by atoms with Gasteiger partial charge in [0.1, 0.15) is 5.82 Å². The lowest BCUT2D eigenvalue weighted by molar-refractivity contribution is -0.129. The zero-order chi connectivity index (χ0) is 19.9. The first-order chi connectivity index (χ1) is 14.3. The Hall–Kier alpha value is -2.12. The third kappa shape index (κ3) is 5.48. The lowest BCUT2D eigenvalue weighted by Crippen LogP contribution is -2.36. The molecule has 1 aliphatic heterocycles. The molecule has 3 aromatic rings. The van der Waals surface area contributed by atoms with E-state index < -0.39 is 0 Å². The van der Waals surface area contributed by atoms with E-state index in [2.05, 4.69) is 56.5 Å². The van der Waals surface area contributed by atoms with Crippen molar-refractivity contribution in [2.24, 2.45) is 0 Å². The fraction of sp³-hybridized carbons (Fsp3) is 0.409. The number of thiophene rings is 1. The minimum atomic E-state index is 0.215. The van der Waals surface area contributed by atoms with E-state index in [1.54, 1.807) is 11.3 Å². The van der Waals surface area contributed by atoms with Gasteiger partial charge in [-0.3, -0.25) is 4.79 Å². The molecule has 0 bridgehead atoms. The lowest BCUT2D eigenvalue weighted by Gasteiger charge is -2.26. The standard InChI is InChI=1S/C22H26N4OS2/c27-21(25-12-5-2-6-13-25)17-29-22-24-23-20(16-19-10-7-15-28-19)26(22)14-11-18-8-3-1-4-9-18/h1,3-4,7-10,15H,2,5-6,11-14,16-17H2. The quantitative estimate of drug-likeness (QED) is 0.505. The monoisotopic (exact) mass is 426 g/mol. The first-order valence-electron chi connectivity index (χ1n) is 10.2. The Labute approximate surface area is 180 Å². The van der Waals surface area contributed by atoms with Gasteiger partial charge in [0.2, 0.25) is 5.91 Å². The molecule has 0 atom stereocenters. The van der Waals surface area contributed by atoms with Gasteiger partial charge in [0.15, 0.2) is 5.16 Å². The number of carbonyl (C=O) groups is 1. The Morgan fingerprint density at radius 3 is 2.62 bits per heavy atom. The maximum absolute atomic E-state index is 12.6. The largest absolute Gasteiger partial charge is 0.342 e. The molecule has 5 nitrogen and oxygen atoms in total. The molecule has 1 saturated heterocycles. The van der Waals surface area contributed by atoms with Gasteiger partial charge in [-0.2, -0.15) is 0 Å². The van der Waals surface area contributed by atoms with Crippen LogP contribution in [0.15, 0.2) is 53.0 Å². The summed E-state index contributed by atoms with van der Waals surface area (Å²) in [7, 11) is 0. The average Bonchev–Trinajstić information content (AvgIpc) is 3.42. The molecule has 0 unspecified atom stereocenters. The second kappa shape index (κ2) is 10.1. The molecule has 152 valence electrons. The summed E-state index contributed by atoms with van der Waals surface area (Å²) in [4.78, 5) is 15.8. The van der Waals surface area contributed by atoms with Crippen LogP contribution in [-0.4, -0.2) is 44.4 Å². The number of benzene rings is 1. The molecule has 0 radical (unpaired) electrons. The smallest absolute Gasteiger partial charge is 0.233 e. The maximum atomic E-state index is 12.6. The SMILES string of the molecule is O=C(CSc1nnc(Cc2cccs2)n1CCc1ccccc1)N1CCCCC1. The van der Waals surface area contributed by atoms with Gasteiger partial charge in [-0.25, -0.2) is 0 Å². The van der Waals surface area contributed by atoms with Crippen LogP contribution in [0.4, 0.5) is 0 Å². The zero-order valence-electron chi connectivity index (χ0n) is 16.5. The summed E-state index contributed by atoms with van der Waals surface area (Å²) in [6.45, 7) is 2.60. The highest BCUT2D eigenvalue weighted by Gasteiger charge is 2.19. The maximum Gasteiger partial charge on any atom is 0.233 e. The van der Waals surface area contributed by atoms with Crippen LogP contribution in [0.2, 0.25) is 0 Å².